The number of carbonyl (C=O) groups excluding carboxylic acids is 2. The molecule has 2 atom stereocenters. The summed E-state index contributed by atoms with van der Waals surface area (Å²) in [5, 5.41) is 5.95. The molecule has 3 aliphatic rings. The number of carbonyl (C=O) groups is 2. The van der Waals surface area contributed by atoms with Gasteiger partial charge in [0, 0.05) is 81.2 Å². The number of aromatic nitrogens is 1. The van der Waals surface area contributed by atoms with Crippen LogP contribution in [0.4, 0.5) is 28.9 Å². The zero-order valence-corrected chi connectivity index (χ0v) is 22.4. The number of rotatable bonds is 7. The van der Waals surface area contributed by atoms with E-state index in [2.05, 4.69) is 25.5 Å². The summed E-state index contributed by atoms with van der Waals surface area (Å²) in [6, 6.07) is 4.70. The number of aliphatic imine (C=N–C) groups is 1. The van der Waals surface area contributed by atoms with Crippen molar-refractivity contribution in [3.05, 3.63) is 53.6 Å². The van der Waals surface area contributed by atoms with E-state index in [1.54, 1.807) is 12.3 Å². The molecular formula is C28H30F4N6O3. The minimum atomic E-state index is -4.91. The summed E-state index contributed by atoms with van der Waals surface area (Å²) in [5.74, 6) is -4.52. The third kappa shape index (κ3) is 6.80. The lowest BCUT2D eigenvalue weighted by molar-refractivity contribution is -0.124. The van der Waals surface area contributed by atoms with E-state index in [4.69, 9.17) is 4.74 Å². The number of hydrogen-bond donors (Lipinski definition) is 2. The predicted octanol–water partition coefficient (Wildman–Crippen LogP) is 3.17. The molecule has 218 valence electrons. The van der Waals surface area contributed by atoms with Gasteiger partial charge in [-0.1, -0.05) is 0 Å². The zero-order chi connectivity index (χ0) is 29.1. The molecule has 2 fully saturated rings. The predicted molar refractivity (Wildman–Crippen MR) is 145 cm³/mol. The van der Waals surface area contributed by atoms with Gasteiger partial charge in [0.25, 0.3) is 5.91 Å². The fraction of sp³-hybridized carbons (Fsp3) is 0.429. The second kappa shape index (κ2) is 12.0. The number of amides is 2. The van der Waals surface area contributed by atoms with Crippen LogP contribution in [0.3, 0.4) is 0 Å². The van der Waals surface area contributed by atoms with E-state index >= 15 is 4.39 Å². The highest BCUT2D eigenvalue weighted by Gasteiger charge is 2.43. The summed E-state index contributed by atoms with van der Waals surface area (Å²) < 4.78 is 62.0. The summed E-state index contributed by atoms with van der Waals surface area (Å²) in [6.45, 7) is 4.21. The Morgan fingerprint density at radius 3 is 2.63 bits per heavy atom. The summed E-state index contributed by atoms with van der Waals surface area (Å²) in [6.07, 6.45) is 0.152. The van der Waals surface area contributed by atoms with E-state index in [-0.39, 0.29) is 17.3 Å². The summed E-state index contributed by atoms with van der Waals surface area (Å²) in [5.41, 5.74) is 0.581. The maximum atomic E-state index is 15.6. The number of dihydropyridines is 1. The molecule has 3 aliphatic heterocycles. The van der Waals surface area contributed by atoms with Gasteiger partial charge in [0.2, 0.25) is 5.91 Å². The maximum absolute atomic E-state index is 15.6. The second-order valence-electron chi connectivity index (χ2n) is 10.3. The smallest absolute Gasteiger partial charge is 0.380 e. The molecule has 13 heteroatoms. The van der Waals surface area contributed by atoms with E-state index in [0.29, 0.717) is 69.5 Å². The number of anilines is 2. The first-order valence-corrected chi connectivity index (χ1v) is 13.3. The number of hydrogen-bond acceptors (Lipinski definition) is 7. The molecule has 0 bridgehead atoms. The number of ether oxygens (including phenoxy) is 1. The minimum absolute atomic E-state index is 0.135. The highest BCUT2D eigenvalue weighted by Crippen LogP contribution is 2.37. The number of nitrogens with one attached hydrogen (secondary N) is 2. The van der Waals surface area contributed by atoms with Crippen molar-refractivity contribution in [3.63, 3.8) is 0 Å². The monoisotopic (exact) mass is 574 g/mol. The van der Waals surface area contributed by atoms with Crippen LogP contribution in [0.25, 0.3) is 11.1 Å². The maximum Gasteiger partial charge on any atom is 0.414 e. The first-order chi connectivity index (χ1) is 19.6. The number of nitrogens with zero attached hydrogens (tertiary/aromatic N) is 4. The Labute approximate surface area is 234 Å². The fourth-order valence-corrected chi connectivity index (χ4v) is 5.05. The molecule has 9 nitrogen and oxygen atoms in total. The number of benzene rings is 1. The second-order valence-corrected chi connectivity index (χ2v) is 10.3. The lowest BCUT2D eigenvalue weighted by Crippen LogP contribution is -2.45. The van der Waals surface area contributed by atoms with Crippen LogP contribution in [-0.2, 0) is 20.9 Å². The minimum Gasteiger partial charge on any atom is -0.380 e. The van der Waals surface area contributed by atoms with Gasteiger partial charge in [0.15, 0.2) is 0 Å². The van der Waals surface area contributed by atoms with Crippen molar-refractivity contribution in [2.75, 3.05) is 56.7 Å². The van der Waals surface area contributed by atoms with E-state index in [0.717, 1.165) is 12.0 Å². The average Bonchev–Trinajstić information content (AvgIpc) is 3.46. The SMILES string of the molecule is CN1CCN(c2cc(F)c(-c3cncc(CNC4CCOC4)c3)cc2NC(=O)C2C=NC(=O)C=C2C(F)(F)F)CC1. The van der Waals surface area contributed by atoms with Crippen molar-refractivity contribution in [3.8, 4) is 11.1 Å². The van der Waals surface area contributed by atoms with Gasteiger partial charge in [-0.3, -0.25) is 14.6 Å². The molecule has 41 heavy (non-hydrogen) atoms. The van der Waals surface area contributed by atoms with Crippen molar-refractivity contribution in [1.82, 2.24) is 15.2 Å². The zero-order valence-electron chi connectivity index (χ0n) is 22.4. The Bertz CT molecular complexity index is 1370. The van der Waals surface area contributed by atoms with Gasteiger partial charge < -0.3 is 25.2 Å². The van der Waals surface area contributed by atoms with Gasteiger partial charge in [0.1, 0.15) is 11.7 Å². The van der Waals surface area contributed by atoms with E-state index < -0.39 is 35.3 Å². The molecule has 1 aromatic heterocycles. The lowest BCUT2D eigenvalue weighted by atomic mass is 9.95. The third-order valence-corrected chi connectivity index (χ3v) is 7.39. The summed E-state index contributed by atoms with van der Waals surface area (Å²) >= 11 is 0. The molecule has 0 radical (unpaired) electrons. The molecule has 2 saturated heterocycles. The number of halogens is 4. The molecule has 4 heterocycles. The molecule has 0 saturated carbocycles. The third-order valence-electron chi connectivity index (χ3n) is 7.39. The Balaban J connectivity index is 1.47. The molecule has 2 unspecified atom stereocenters. The number of likely N-dealkylation sites (N-methyl/N-ethyl adjacent to an activating group) is 1. The van der Waals surface area contributed by atoms with Crippen LogP contribution in [0.1, 0.15) is 12.0 Å². The average molecular weight is 575 g/mol. The Morgan fingerprint density at radius 1 is 1.15 bits per heavy atom. The van der Waals surface area contributed by atoms with Crippen LogP contribution in [0.2, 0.25) is 0 Å². The molecule has 2 aromatic rings. The molecule has 2 amide bonds. The largest absolute Gasteiger partial charge is 0.414 e. The number of alkyl halides is 3. The Hall–Kier alpha value is -3.68. The van der Waals surface area contributed by atoms with E-state index in [1.807, 2.05) is 11.9 Å². The highest BCUT2D eigenvalue weighted by molar-refractivity contribution is 6.11. The van der Waals surface area contributed by atoms with Crippen molar-refractivity contribution in [1.29, 1.82) is 0 Å². The van der Waals surface area contributed by atoms with Gasteiger partial charge in [-0.25, -0.2) is 9.38 Å². The lowest BCUT2D eigenvalue weighted by Gasteiger charge is -2.35. The van der Waals surface area contributed by atoms with Crippen molar-refractivity contribution in [2.24, 2.45) is 10.9 Å². The number of piperazine rings is 1. The van der Waals surface area contributed by atoms with Crippen molar-refractivity contribution >= 4 is 29.4 Å². The highest BCUT2D eigenvalue weighted by atomic mass is 19.4. The number of pyridine rings is 1. The molecule has 0 spiro atoms. The van der Waals surface area contributed by atoms with Crippen LogP contribution in [0, 0.1) is 11.7 Å². The van der Waals surface area contributed by atoms with Crippen LogP contribution in [0.15, 0.2) is 47.2 Å². The summed E-state index contributed by atoms with van der Waals surface area (Å²) in [4.78, 5) is 36.4. The first kappa shape index (κ1) is 28.8. The van der Waals surface area contributed by atoms with Crippen molar-refractivity contribution in [2.45, 2.75) is 25.2 Å². The fourth-order valence-electron chi connectivity index (χ4n) is 5.05. The molecule has 0 aliphatic carbocycles. The van der Waals surface area contributed by atoms with E-state index in [9.17, 15) is 22.8 Å². The van der Waals surface area contributed by atoms with Crippen LogP contribution in [0.5, 0.6) is 0 Å². The molecule has 5 rings (SSSR count). The van der Waals surface area contributed by atoms with Crippen LogP contribution in [-0.4, -0.2) is 86.6 Å². The molecule has 2 N–H and O–H groups in total. The normalized spacial score (nSPS) is 21.7. The quantitative estimate of drug-likeness (QED) is 0.491. The van der Waals surface area contributed by atoms with Gasteiger partial charge in [-0.15, -0.1) is 0 Å². The van der Waals surface area contributed by atoms with E-state index in [1.165, 1.54) is 18.3 Å². The van der Waals surface area contributed by atoms with Crippen molar-refractivity contribution < 1.29 is 31.9 Å². The van der Waals surface area contributed by atoms with Gasteiger partial charge in [-0.05, 0) is 37.2 Å². The van der Waals surface area contributed by atoms with Gasteiger partial charge >= 0.3 is 6.18 Å². The Morgan fingerprint density at radius 2 is 1.93 bits per heavy atom. The summed E-state index contributed by atoms with van der Waals surface area (Å²) in [7, 11) is 1.95. The van der Waals surface area contributed by atoms with Crippen LogP contribution < -0.4 is 15.5 Å². The first-order valence-electron chi connectivity index (χ1n) is 13.3. The van der Waals surface area contributed by atoms with Gasteiger partial charge in [-0.2, -0.15) is 13.2 Å². The standard InChI is InChI=1S/C28H30F4N6O3/c1-37-3-5-38(6-4-37)25-11-23(29)20(18-8-17(12-33-14-18)13-34-19-2-7-41-16-19)9-24(25)36-27(40)21-15-35-26(39)10-22(21)28(30,31)32/h8-12,14-15,19,21,34H,2-7,13,16H2,1H3,(H,36,40). The van der Waals surface area contributed by atoms with Crippen LogP contribution >= 0.6 is 0 Å². The molecule has 1 aromatic carbocycles. The Kier molecular flexibility index (Phi) is 8.47. The van der Waals surface area contributed by atoms with Gasteiger partial charge in [0.05, 0.1) is 23.6 Å². The molecular weight excluding hydrogens is 544 g/mol. The topological polar surface area (TPSA) is 99.2 Å².